The van der Waals surface area contributed by atoms with Crippen molar-refractivity contribution in [2.45, 2.75) is 83.7 Å². The average molecular weight is 562 g/mol. The smallest absolute Gasteiger partial charge is 0.329 e. The van der Waals surface area contributed by atoms with Crippen LogP contribution in [0.2, 0.25) is 0 Å². The zero-order chi connectivity index (χ0) is 29.2. The van der Waals surface area contributed by atoms with Gasteiger partial charge in [0.2, 0.25) is 5.91 Å². The van der Waals surface area contributed by atoms with Crippen LogP contribution in [0.3, 0.4) is 0 Å². The molecular weight excluding hydrogens is 512 g/mol. The second kappa shape index (κ2) is 18.9. The van der Waals surface area contributed by atoms with Gasteiger partial charge in [-0.2, -0.15) is 8.42 Å². The van der Waals surface area contributed by atoms with E-state index in [1.165, 1.54) is 11.1 Å². The number of aliphatic carboxylic acids is 1. The molecule has 0 fully saturated rings. The molecule has 1 unspecified atom stereocenters. The Balaban J connectivity index is 5.05. The van der Waals surface area contributed by atoms with E-state index in [2.05, 4.69) is 11.9 Å². The Labute approximate surface area is 228 Å². The summed E-state index contributed by atoms with van der Waals surface area (Å²) in [4.78, 5) is 37.5. The maximum Gasteiger partial charge on any atom is 0.329 e. The van der Waals surface area contributed by atoms with Gasteiger partial charge in [0.15, 0.2) is 6.17 Å². The first-order valence-electron chi connectivity index (χ1n) is 13.3. The van der Waals surface area contributed by atoms with Crippen molar-refractivity contribution in [1.29, 1.82) is 0 Å². The molecule has 0 bridgehead atoms. The number of hydrogen-bond acceptors (Lipinski definition) is 6. The van der Waals surface area contributed by atoms with Crippen molar-refractivity contribution in [1.82, 2.24) is 10.2 Å². The van der Waals surface area contributed by atoms with Crippen LogP contribution in [0.25, 0.3) is 0 Å². The molecule has 38 heavy (non-hydrogen) atoms. The van der Waals surface area contributed by atoms with Crippen LogP contribution in [0.4, 0.5) is 0 Å². The van der Waals surface area contributed by atoms with Crippen molar-refractivity contribution in [2.75, 3.05) is 39.5 Å². The molecule has 220 valence electrons. The van der Waals surface area contributed by atoms with Gasteiger partial charge in [-0.3, -0.25) is 19.0 Å². The Hall–Kier alpha value is -2.28. The number of amides is 2. The van der Waals surface area contributed by atoms with Crippen molar-refractivity contribution < 1.29 is 36.9 Å². The molecule has 0 rings (SSSR count). The highest BCUT2D eigenvalue weighted by Gasteiger charge is 2.35. The maximum atomic E-state index is 12.9. The lowest BCUT2D eigenvalue weighted by atomic mass is 10.1. The van der Waals surface area contributed by atoms with Gasteiger partial charge in [0.1, 0.15) is 0 Å². The van der Waals surface area contributed by atoms with Crippen LogP contribution in [0.5, 0.6) is 0 Å². The number of nitrogens with one attached hydrogen (secondary N) is 1. The Morgan fingerprint density at radius 3 is 2.21 bits per heavy atom. The number of rotatable bonds is 22. The van der Waals surface area contributed by atoms with Gasteiger partial charge in [0.25, 0.3) is 16.0 Å². The summed E-state index contributed by atoms with van der Waals surface area (Å²) in [6.07, 6.45) is 10.1. The van der Waals surface area contributed by atoms with Crippen LogP contribution in [-0.4, -0.2) is 90.9 Å². The fourth-order valence-corrected chi connectivity index (χ4v) is 4.69. The number of nitrogens with zero attached hydrogens (tertiary/aromatic N) is 2. The van der Waals surface area contributed by atoms with Crippen molar-refractivity contribution in [3.8, 4) is 0 Å². The van der Waals surface area contributed by atoms with E-state index in [9.17, 15) is 22.8 Å². The number of nitrogens with two attached hydrogens (primary N) is 1. The summed E-state index contributed by atoms with van der Waals surface area (Å²) in [5.74, 6) is -2.00. The van der Waals surface area contributed by atoms with Crippen molar-refractivity contribution in [3.05, 3.63) is 24.4 Å². The standard InChI is InChI=1S/C26H48N4O7S/c1-22(2)26(34)29(19-16-25(32)33)24(30(3,4)20-13-21-38(35,36)37)15-10-8-12-18-28-23(31)14-9-6-5-7-11-17-27/h16,19,24H,1,5-15,17-18,20-21,27H2,2-4H3,(H2-,28,31,32,33,35,36,37)/p+1. The van der Waals surface area contributed by atoms with Gasteiger partial charge < -0.3 is 20.6 Å². The highest BCUT2D eigenvalue weighted by atomic mass is 32.2. The highest BCUT2D eigenvalue weighted by molar-refractivity contribution is 7.85. The topological polar surface area (TPSA) is 167 Å². The molecule has 0 aromatic rings. The number of carboxylic acid groups (broad SMARTS) is 1. The quantitative estimate of drug-likeness (QED) is 0.0514. The molecule has 0 aliphatic carbocycles. The fourth-order valence-electron chi connectivity index (χ4n) is 4.20. The molecule has 2 amide bonds. The predicted octanol–water partition coefficient (Wildman–Crippen LogP) is 2.65. The molecule has 0 saturated carbocycles. The number of quaternary nitrogens is 1. The van der Waals surface area contributed by atoms with E-state index in [0.717, 1.165) is 51.0 Å². The molecule has 0 aromatic carbocycles. The number of unbranched alkanes of at least 4 members (excludes halogenated alkanes) is 6. The molecule has 1 atom stereocenters. The molecule has 0 radical (unpaired) electrons. The molecule has 0 aliphatic heterocycles. The first kappa shape index (κ1) is 35.7. The average Bonchev–Trinajstić information content (AvgIpc) is 2.80. The summed E-state index contributed by atoms with van der Waals surface area (Å²) in [5, 5.41) is 12.1. The first-order chi connectivity index (χ1) is 17.7. The van der Waals surface area contributed by atoms with E-state index >= 15 is 0 Å². The van der Waals surface area contributed by atoms with Gasteiger partial charge in [-0.1, -0.05) is 32.3 Å². The Bertz CT molecular complexity index is 888. The largest absolute Gasteiger partial charge is 0.478 e. The van der Waals surface area contributed by atoms with Crippen molar-refractivity contribution in [2.24, 2.45) is 5.73 Å². The maximum absolute atomic E-state index is 12.9. The summed E-state index contributed by atoms with van der Waals surface area (Å²) in [6.45, 7) is 6.83. The monoisotopic (exact) mass is 561 g/mol. The van der Waals surface area contributed by atoms with Gasteiger partial charge in [-0.05, 0) is 39.2 Å². The third kappa shape index (κ3) is 17.3. The number of hydrogen-bond donors (Lipinski definition) is 4. The van der Waals surface area contributed by atoms with E-state index in [1.54, 1.807) is 6.92 Å². The number of carboxylic acids is 1. The van der Waals surface area contributed by atoms with Crippen LogP contribution in [-0.2, 0) is 24.5 Å². The second-order valence-corrected chi connectivity index (χ2v) is 11.8. The number of carbonyl (C=O) groups excluding carboxylic acids is 2. The summed E-state index contributed by atoms with van der Waals surface area (Å²) < 4.78 is 31.7. The van der Waals surface area contributed by atoms with Crippen LogP contribution in [0.1, 0.15) is 77.6 Å². The van der Waals surface area contributed by atoms with Crippen LogP contribution >= 0.6 is 0 Å². The van der Waals surface area contributed by atoms with Gasteiger partial charge in [-0.15, -0.1) is 0 Å². The summed E-state index contributed by atoms with van der Waals surface area (Å²) in [7, 11) is -0.462. The van der Waals surface area contributed by atoms with E-state index in [4.69, 9.17) is 15.4 Å². The van der Waals surface area contributed by atoms with Crippen molar-refractivity contribution in [3.63, 3.8) is 0 Å². The lowest BCUT2D eigenvalue weighted by Gasteiger charge is -2.43. The molecule has 0 heterocycles. The minimum absolute atomic E-state index is 0.0374. The van der Waals surface area contributed by atoms with E-state index in [1.807, 2.05) is 14.1 Å². The second-order valence-electron chi connectivity index (χ2n) is 10.3. The predicted molar refractivity (Wildman–Crippen MR) is 148 cm³/mol. The van der Waals surface area contributed by atoms with E-state index in [0.29, 0.717) is 38.9 Å². The normalized spacial score (nSPS) is 12.9. The Morgan fingerprint density at radius 2 is 1.63 bits per heavy atom. The van der Waals surface area contributed by atoms with E-state index < -0.39 is 33.9 Å². The Kier molecular flexibility index (Phi) is 17.8. The lowest BCUT2D eigenvalue weighted by molar-refractivity contribution is -0.924. The summed E-state index contributed by atoms with van der Waals surface area (Å²) >= 11 is 0. The summed E-state index contributed by atoms with van der Waals surface area (Å²) in [5.41, 5.74) is 5.72. The SMILES string of the molecule is C=C(C)C(=O)N(C=CC(=O)O)C(CCCCCNC(=O)CCCCCCCN)[N+](C)(C)CCCS(=O)(=O)O. The van der Waals surface area contributed by atoms with Gasteiger partial charge in [-0.25, -0.2) is 4.79 Å². The number of carbonyl (C=O) groups is 3. The zero-order valence-corrected chi connectivity index (χ0v) is 24.2. The van der Waals surface area contributed by atoms with E-state index in [-0.39, 0.29) is 22.4 Å². The molecule has 0 spiro atoms. The Morgan fingerprint density at radius 1 is 1.03 bits per heavy atom. The molecule has 0 saturated heterocycles. The van der Waals surface area contributed by atoms with Gasteiger partial charge in [0, 0.05) is 43.7 Å². The highest BCUT2D eigenvalue weighted by Crippen LogP contribution is 2.22. The molecule has 0 aromatic heterocycles. The minimum Gasteiger partial charge on any atom is -0.478 e. The van der Waals surface area contributed by atoms with Gasteiger partial charge >= 0.3 is 5.97 Å². The lowest BCUT2D eigenvalue weighted by Crippen LogP contribution is -2.58. The third-order valence-corrected chi connectivity index (χ3v) is 7.12. The first-order valence-corrected chi connectivity index (χ1v) is 15.0. The van der Waals surface area contributed by atoms with Crippen LogP contribution in [0.15, 0.2) is 24.4 Å². The molecular formula is C26H49N4O7S+. The van der Waals surface area contributed by atoms with Crippen LogP contribution < -0.4 is 11.1 Å². The molecule has 5 N–H and O–H groups in total. The fraction of sp³-hybridized carbons (Fsp3) is 0.731. The van der Waals surface area contributed by atoms with Gasteiger partial charge in [0.05, 0.1) is 26.4 Å². The zero-order valence-electron chi connectivity index (χ0n) is 23.4. The summed E-state index contributed by atoms with van der Waals surface area (Å²) in [6, 6.07) is 0. The van der Waals surface area contributed by atoms with Crippen LogP contribution in [0, 0.1) is 0 Å². The molecule has 11 nitrogen and oxygen atoms in total. The molecule has 12 heteroatoms. The third-order valence-electron chi connectivity index (χ3n) is 6.31. The molecule has 0 aliphatic rings. The van der Waals surface area contributed by atoms with Crippen molar-refractivity contribution >= 4 is 27.9 Å². The minimum atomic E-state index is -4.13.